The van der Waals surface area contributed by atoms with Crippen LogP contribution in [0.15, 0.2) is 59.5 Å². The molecule has 0 aromatic heterocycles. The molecule has 5 heteroatoms. The first kappa shape index (κ1) is 15.9. The van der Waals surface area contributed by atoms with Crippen molar-refractivity contribution in [3.05, 3.63) is 65.7 Å². The summed E-state index contributed by atoms with van der Waals surface area (Å²) in [5.74, 6) is -0.287. The number of hydrogen-bond donors (Lipinski definition) is 0. The van der Waals surface area contributed by atoms with Gasteiger partial charge < -0.3 is 0 Å². The van der Waals surface area contributed by atoms with Gasteiger partial charge in [0.2, 0.25) is 0 Å². The molecule has 2 aromatic rings. The van der Waals surface area contributed by atoms with E-state index in [9.17, 15) is 8.42 Å². The van der Waals surface area contributed by atoms with Crippen LogP contribution in [0.2, 0.25) is 0 Å². The summed E-state index contributed by atoms with van der Waals surface area (Å²) < 4.78 is 25.2. The largest absolute Gasteiger partial charge is 0.223 e. The van der Waals surface area contributed by atoms with Crippen LogP contribution in [0.1, 0.15) is 22.8 Å². The Morgan fingerprint density at radius 1 is 1.05 bits per heavy atom. The van der Waals surface area contributed by atoms with E-state index >= 15 is 0 Å². The van der Waals surface area contributed by atoms with Crippen LogP contribution in [0.3, 0.4) is 0 Å². The lowest BCUT2D eigenvalue weighted by Gasteiger charge is -2.19. The number of halogens is 2. The van der Waals surface area contributed by atoms with Crippen molar-refractivity contribution < 1.29 is 8.42 Å². The van der Waals surface area contributed by atoms with Crippen LogP contribution in [0.4, 0.5) is 0 Å². The zero-order valence-electron chi connectivity index (χ0n) is 12.0. The minimum Gasteiger partial charge on any atom is -0.223 e. The molecule has 1 fully saturated rings. The van der Waals surface area contributed by atoms with Crippen molar-refractivity contribution in [2.24, 2.45) is 5.92 Å². The van der Waals surface area contributed by atoms with Gasteiger partial charge in [0.05, 0.1) is 10.1 Å². The second kappa shape index (κ2) is 5.55. The van der Waals surface area contributed by atoms with E-state index in [2.05, 4.69) is 0 Å². The number of aryl methyl sites for hydroxylation is 1. The van der Waals surface area contributed by atoms with E-state index in [0.29, 0.717) is 11.3 Å². The topological polar surface area (TPSA) is 34.1 Å². The molecule has 0 bridgehead atoms. The predicted molar refractivity (Wildman–Crippen MR) is 90.1 cm³/mol. The molecule has 2 atom stereocenters. The van der Waals surface area contributed by atoms with E-state index < -0.39 is 19.4 Å². The highest BCUT2D eigenvalue weighted by Crippen LogP contribution is 2.61. The van der Waals surface area contributed by atoms with Gasteiger partial charge in [-0.1, -0.05) is 48.0 Å². The molecule has 0 amide bonds. The van der Waals surface area contributed by atoms with Gasteiger partial charge in [-0.3, -0.25) is 0 Å². The highest BCUT2D eigenvalue weighted by molar-refractivity contribution is 7.91. The molecule has 0 heterocycles. The molecule has 2 nitrogen and oxygen atoms in total. The van der Waals surface area contributed by atoms with Crippen molar-refractivity contribution in [1.82, 2.24) is 0 Å². The van der Waals surface area contributed by atoms with E-state index in [1.807, 2.05) is 37.3 Å². The molecule has 0 N–H and O–H groups in total. The Kier molecular flexibility index (Phi) is 4.00. The van der Waals surface area contributed by atoms with Crippen LogP contribution < -0.4 is 0 Å². The first-order valence-corrected chi connectivity index (χ1v) is 9.36. The van der Waals surface area contributed by atoms with Gasteiger partial charge in [-0.05, 0) is 31.0 Å². The summed E-state index contributed by atoms with van der Waals surface area (Å²) in [6.45, 7) is 1.93. The molecular formula is C17H16Cl2O2S. The van der Waals surface area contributed by atoms with Gasteiger partial charge >= 0.3 is 0 Å². The van der Waals surface area contributed by atoms with Crippen LogP contribution >= 0.6 is 23.2 Å². The number of hydrogen-bond acceptors (Lipinski definition) is 2. The minimum atomic E-state index is -3.55. The first-order valence-electron chi connectivity index (χ1n) is 7.06. The van der Waals surface area contributed by atoms with Crippen molar-refractivity contribution in [2.75, 3.05) is 0 Å². The summed E-state index contributed by atoms with van der Waals surface area (Å²) in [5.41, 5.74) is 1.75. The molecule has 22 heavy (non-hydrogen) atoms. The van der Waals surface area contributed by atoms with E-state index in [-0.39, 0.29) is 5.92 Å². The maximum Gasteiger partial charge on any atom is 0.185 e. The Morgan fingerprint density at radius 3 is 2.09 bits per heavy atom. The van der Waals surface area contributed by atoms with Crippen LogP contribution in [-0.4, -0.2) is 12.8 Å². The molecule has 0 spiro atoms. The second-order valence-corrected chi connectivity index (χ2v) is 9.37. The Hall–Kier alpha value is -1.03. The second-order valence-electron chi connectivity index (χ2n) is 5.76. The Bertz CT molecular complexity index is 768. The maximum absolute atomic E-state index is 13.1. The van der Waals surface area contributed by atoms with E-state index in [1.54, 1.807) is 24.3 Å². The summed E-state index contributed by atoms with van der Waals surface area (Å²) in [6.07, 6.45) is 0.487. The highest BCUT2D eigenvalue weighted by Gasteiger charge is 2.59. The normalized spacial score (nSPS) is 21.3. The number of alkyl halides is 2. The fourth-order valence-electron chi connectivity index (χ4n) is 2.71. The fourth-order valence-corrected chi connectivity index (χ4v) is 5.53. The molecule has 1 aliphatic carbocycles. The van der Waals surface area contributed by atoms with Gasteiger partial charge in [0.25, 0.3) is 0 Å². The summed E-state index contributed by atoms with van der Waals surface area (Å²) in [4.78, 5) is 0.308. The van der Waals surface area contributed by atoms with Gasteiger partial charge in [-0.15, -0.1) is 23.2 Å². The first-order chi connectivity index (χ1) is 10.3. The lowest BCUT2D eigenvalue weighted by atomic mass is 10.1. The van der Waals surface area contributed by atoms with E-state index in [4.69, 9.17) is 23.2 Å². The van der Waals surface area contributed by atoms with Crippen molar-refractivity contribution in [3.63, 3.8) is 0 Å². The average molecular weight is 355 g/mol. The number of rotatable bonds is 4. The monoisotopic (exact) mass is 354 g/mol. The SMILES string of the molecule is Cc1ccc(S(=O)(=O)C(c2ccccc2)C2CC2(Cl)Cl)cc1. The van der Waals surface area contributed by atoms with Crippen LogP contribution in [-0.2, 0) is 9.84 Å². The number of benzene rings is 2. The van der Waals surface area contributed by atoms with Gasteiger partial charge in [-0.25, -0.2) is 8.42 Å². The molecule has 0 saturated heterocycles. The molecule has 1 aliphatic rings. The van der Waals surface area contributed by atoms with Crippen LogP contribution in [0.5, 0.6) is 0 Å². The van der Waals surface area contributed by atoms with Crippen LogP contribution in [0, 0.1) is 12.8 Å². The highest BCUT2D eigenvalue weighted by atomic mass is 35.5. The molecule has 116 valence electrons. The molecule has 0 aliphatic heterocycles. The van der Waals surface area contributed by atoms with Gasteiger partial charge in [0, 0.05) is 5.92 Å². The quantitative estimate of drug-likeness (QED) is 0.745. The third kappa shape index (κ3) is 2.90. The summed E-state index contributed by atoms with van der Waals surface area (Å²) >= 11 is 12.3. The molecule has 2 aromatic carbocycles. The minimum absolute atomic E-state index is 0.287. The maximum atomic E-state index is 13.1. The molecule has 1 saturated carbocycles. The van der Waals surface area contributed by atoms with Gasteiger partial charge in [-0.2, -0.15) is 0 Å². The summed E-state index contributed by atoms with van der Waals surface area (Å²) in [6, 6.07) is 16.1. The van der Waals surface area contributed by atoms with E-state index in [0.717, 1.165) is 11.1 Å². The predicted octanol–water partition coefficient (Wildman–Crippen LogP) is 4.70. The Labute approximate surface area is 141 Å². The van der Waals surface area contributed by atoms with Gasteiger partial charge in [0.15, 0.2) is 9.84 Å². The summed E-state index contributed by atoms with van der Waals surface area (Å²) in [7, 11) is -3.55. The third-order valence-corrected chi connectivity index (χ3v) is 7.12. The Balaban J connectivity index is 2.08. The zero-order chi connectivity index (χ0) is 16.0. The average Bonchev–Trinajstić information content (AvgIpc) is 3.08. The molecular weight excluding hydrogens is 339 g/mol. The fraction of sp³-hybridized carbons (Fsp3) is 0.294. The third-order valence-electron chi connectivity index (χ3n) is 4.05. The lowest BCUT2D eigenvalue weighted by Crippen LogP contribution is -2.18. The number of sulfone groups is 1. The lowest BCUT2D eigenvalue weighted by molar-refractivity contribution is 0.571. The standard InChI is InChI=1S/C17H16Cl2O2S/c1-12-7-9-14(10-8-12)22(20,21)16(15-11-17(15,18)19)13-5-3-2-4-6-13/h2-10,15-16H,11H2,1H3. The molecule has 0 radical (unpaired) electrons. The van der Waals surface area contributed by atoms with Crippen LogP contribution in [0.25, 0.3) is 0 Å². The van der Waals surface area contributed by atoms with Crippen molar-refractivity contribution in [3.8, 4) is 0 Å². The Morgan fingerprint density at radius 2 is 1.59 bits per heavy atom. The van der Waals surface area contributed by atoms with E-state index in [1.165, 1.54) is 0 Å². The smallest absolute Gasteiger partial charge is 0.185 e. The summed E-state index contributed by atoms with van der Waals surface area (Å²) in [5, 5.41) is -0.716. The van der Waals surface area contributed by atoms with Gasteiger partial charge in [0.1, 0.15) is 4.33 Å². The van der Waals surface area contributed by atoms with Crippen molar-refractivity contribution in [2.45, 2.75) is 27.8 Å². The zero-order valence-corrected chi connectivity index (χ0v) is 14.4. The van der Waals surface area contributed by atoms with Crippen molar-refractivity contribution >= 4 is 33.0 Å². The van der Waals surface area contributed by atoms with Crippen molar-refractivity contribution in [1.29, 1.82) is 0 Å². The molecule has 2 unspecified atom stereocenters. The molecule has 3 rings (SSSR count).